The number of rotatable bonds is 8. The molecule has 0 unspecified atom stereocenters. The van der Waals surface area contributed by atoms with Crippen LogP contribution in [0.1, 0.15) is 41.3 Å². The minimum Gasteiger partial charge on any atom is -0.301 e. The summed E-state index contributed by atoms with van der Waals surface area (Å²) in [5, 5.41) is 15.8. The summed E-state index contributed by atoms with van der Waals surface area (Å²) in [6.45, 7) is 6.40. The van der Waals surface area contributed by atoms with E-state index in [9.17, 15) is 4.79 Å². The minimum absolute atomic E-state index is 0.143. The lowest BCUT2D eigenvalue weighted by molar-refractivity contribution is -0.113. The van der Waals surface area contributed by atoms with Crippen molar-refractivity contribution < 1.29 is 4.79 Å². The van der Waals surface area contributed by atoms with Crippen molar-refractivity contribution in [3.05, 3.63) is 76.3 Å². The van der Waals surface area contributed by atoms with Crippen LogP contribution in [0.25, 0.3) is 5.69 Å². The Morgan fingerprint density at radius 1 is 1.12 bits per heavy atom. The maximum Gasteiger partial charge on any atom is 0.236 e. The predicted molar refractivity (Wildman–Crippen MR) is 129 cm³/mol. The van der Waals surface area contributed by atoms with Gasteiger partial charge in [0, 0.05) is 17.5 Å². The SMILES string of the molecule is Cc1ccc(-n2nnnc2SCC(=O)Nc2ncc(Cc3ccc(C(C)C)cc3)s2)cc1. The van der Waals surface area contributed by atoms with Crippen molar-refractivity contribution in [2.45, 2.75) is 38.3 Å². The fourth-order valence-corrected chi connectivity index (χ4v) is 4.62. The molecule has 0 aliphatic heterocycles. The molecule has 0 aliphatic rings. The molecule has 0 atom stereocenters. The number of thiazole rings is 1. The highest BCUT2D eigenvalue weighted by atomic mass is 32.2. The molecule has 2 heterocycles. The van der Waals surface area contributed by atoms with Gasteiger partial charge in [-0.3, -0.25) is 4.79 Å². The van der Waals surface area contributed by atoms with Gasteiger partial charge in [0.25, 0.3) is 0 Å². The number of thioether (sulfide) groups is 1. The van der Waals surface area contributed by atoms with Crippen LogP contribution >= 0.6 is 23.1 Å². The van der Waals surface area contributed by atoms with Gasteiger partial charge in [-0.25, -0.2) is 4.98 Å². The predicted octanol–water partition coefficient (Wildman–Crippen LogP) is 4.87. The first-order valence-corrected chi connectivity index (χ1v) is 12.1. The van der Waals surface area contributed by atoms with Gasteiger partial charge < -0.3 is 5.32 Å². The van der Waals surface area contributed by atoms with Gasteiger partial charge >= 0.3 is 0 Å². The van der Waals surface area contributed by atoms with E-state index < -0.39 is 0 Å². The van der Waals surface area contributed by atoms with Crippen LogP contribution in [0.5, 0.6) is 0 Å². The van der Waals surface area contributed by atoms with Crippen molar-refractivity contribution in [1.82, 2.24) is 25.2 Å². The second-order valence-electron chi connectivity index (χ2n) is 7.75. The van der Waals surface area contributed by atoms with Gasteiger partial charge in [0.15, 0.2) is 5.13 Å². The number of carbonyl (C=O) groups excluding carboxylic acids is 1. The average molecular weight is 465 g/mol. The lowest BCUT2D eigenvalue weighted by atomic mass is 10.0. The molecule has 2 aromatic carbocycles. The zero-order valence-electron chi connectivity index (χ0n) is 18.1. The maximum absolute atomic E-state index is 12.4. The second kappa shape index (κ2) is 10.1. The van der Waals surface area contributed by atoms with E-state index in [0.29, 0.717) is 16.2 Å². The van der Waals surface area contributed by atoms with E-state index in [1.54, 1.807) is 4.68 Å². The summed E-state index contributed by atoms with van der Waals surface area (Å²) in [7, 11) is 0. The van der Waals surface area contributed by atoms with E-state index in [0.717, 1.165) is 22.5 Å². The third-order valence-corrected chi connectivity index (χ3v) is 6.71. The lowest BCUT2D eigenvalue weighted by Gasteiger charge is -2.06. The highest BCUT2D eigenvalue weighted by molar-refractivity contribution is 7.99. The number of aromatic nitrogens is 5. The molecule has 1 N–H and O–H groups in total. The molecule has 164 valence electrons. The molecule has 0 saturated heterocycles. The van der Waals surface area contributed by atoms with Gasteiger partial charge in [0.05, 0.1) is 11.4 Å². The Balaban J connectivity index is 1.31. The standard InChI is InChI=1S/C23H24N6OS2/c1-15(2)18-8-6-17(7-9-18)12-20-13-24-22(32-20)25-21(30)14-31-23-26-27-28-29(23)19-10-4-16(3)5-11-19/h4-11,13,15H,12,14H2,1-3H3,(H,24,25,30). The number of anilines is 1. The smallest absolute Gasteiger partial charge is 0.236 e. The van der Waals surface area contributed by atoms with Crippen molar-refractivity contribution in [1.29, 1.82) is 0 Å². The molecule has 7 nitrogen and oxygen atoms in total. The summed E-state index contributed by atoms with van der Waals surface area (Å²) in [5.41, 5.74) is 4.58. The van der Waals surface area contributed by atoms with Crippen molar-refractivity contribution in [3.63, 3.8) is 0 Å². The highest BCUT2D eigenvalue weighted by Gasteiger charge is 2.13. The van der Waals surface area contributed by atoms with Crippen LogP contribution < -0.4 is 5.32 Å². The number of tetrazole rings is 1. The molecular weight excluding hydrogens is 440 g/mol. The molecule has 2 aromatic heterocycles. The van der Waals surface area contributed by atoms with E-state index in [-0.39, 0.29) is 11.7 Å². The second-order valence-corrected chi connectivity index (χ2v) is 9.81. The third kappa shape index (κ3) is 5.60. The molecule has 9 heteroatoms. The van der Waals surface area contributed by atoms with Gasteiger partial charge in [0.2, 0.25) is 11.1 Å². The first-order chi connectivity index (χ1) is 15.5. The third-order valence-electron chi connectivity index (χ3n) is 4.88. The van der Waals surface area contributed by atoms with Crippen LogP contribution in [0.4, 0.5) is 5.13 Å². The largest absolute Gasteiger partial charge is 0.301 e. The zero-order valence-corrected chi connectivity index (χ0v) is 19.8. The summed E-state index contributed by atoms with van der Waals surface area (Å²) in [5.74, 6) is 0.571. The summed E-state index contributed by atoms with van der Waals surface area (Å²) < 4.78 is 1.63. The number of hydrogen-bond acceptors (Lipinski definition) is 7. The summed E-state index contributed by atoms with van der Waals surface area (Å²) in [4.78, 5) is 17.9. The molecule has 0 spiro atoms. The van der Waals surface area contributed by atoms with Gasteiger partial charge in [-0.1, -0.05) is 67.6 Å². The number of carbonyl (C=O) groups is 1. The first kappa shape index (κ1) is 22.2. The molecule has 0 bridgehead atoms. The molecule has 0 radical (unpaired) electrons. The van der Waals surface area contributed by atoms with Gasteiger partial charge in [-0.05, 0) is 46.5 Å². The molecule has 0 saturated carbocycles. The maximum atomic E-state index is 12.4. The van der Waals surface area contributed by atoms with Crippen LogP contribution in [-0.4, -0.2) is 36.9 Å². The quantitative estimate of drug-likeness (QED) is 0.374. The van der Waals surface area contributed by atoms with Crippen molar-refractivity contribution in [2.24, 2.45) is 0 Å². The van der Waals surface area contributed by atoms with Gasteiger partial charge in [-0.15, -0.1) is 16.4 Å². The van der Waals surface area contributed by atoms with E-state index >= 15 is 0 Å². The van der Waals surface area contributed by atoms with Crippen LogP contribution in [0, 0.1) is 6.92 Å². The highest BCUT2D eigenvalue weighted by Crippen LogP contribution is 2.24. The Morgan fingerprint density at radius 2 is 1.88 bits per heavy atom. The first-order valence-electron chi connectivity index (χ1n) is 10.3. The Labute approximate surface area is 195 Å². The fraction of sp³-hybridized carbons (Fsp3) is 0.261. The number of benzene rings is 2. The van der Waals surface area contributed by atoms with Crippen LogP contribution in [0.15, 0.2) is 59.9 Å². The molecule has 32 heavy (non-hydrogen) atoms. The topological polar surface area (TPSA) is 85.6 Å². The number of hydrogen-bond donors (Lipinski definition) is 1. The molecule has 4 rings (SSSR count). The van der Waals surface area contributed by atoms with Crippen LogP contribution in [-0.2, 0) is 11.2 Å². The summed E-state index contributed by atoms with van der Waals surface area (Å²) >= 11 is 2.78. The van der Waals surface area contributed by atoms with Crippen LogP contribution in [0.2, 0.25) is 0 Å². The average Bonchev–Trinajstić information content (AvgIpc) is 3.42. The molecule has 0 aliphatic carbocycles. The lowest BCUT2D eigenvalue weighted by Crippen LogP contribution is -2.14. The summed E-state index contributed by atoms with van der Waals surface area (Å²) in [6, 6.07) is 16.5. The Hall–Kier alpha value is -3.04. The monoisotopic (exact) mass is 464 g/mol. The van der Waals surface area contributed by atoms with E-state index in [1.807, 2.05) is 37.4 Å². The number of nitrogens with zero attached hydrogens (tertiary/aromatic N) is 5. The van der Waals surface area contributed by atoms with Crippen molar-refractivity contribution in [2.75, 3.05) is 11.1 Å². The number of amides is 1. The Bertz CT molecular complexity index is 1180. The van der Waals surface area contributed by atoms with E-state index in [4.69, 9.17) is 0 Å². The fourth-order valence-electron chi connectivity index (χ4n) is 3.07. The van der Waals surface area contributed by atoms with E-state index in [2.05, 4.69) is 63.9 Å². The molecule has 1 amide bonds. The molecule has 0 fully saturated rings. The normalized spacial score (nSPS) is 11.1. The number of aryl methyl sites for hydroxylation is 1. The van der Waals surface area contributed by atoms with Crippen molar-refractivity contribution in [3.8, 4) is 5.69 Å². The van der Waals surface area contributed by atoms with E-state index in [1.165, 1.54) is 34.2 Å². The molecule has 4 aromatic rings. The Kier molecular flexibility index (Phi) is 6.96. The van der Waals surface area contributed by atoms with Crippen molar-refractivity contribution >= 4 is 34.1 Å². The van der Waals surface area contributed by atoms with Crippen LogP contribution in [0.3, 0.4) is 0 Å². The number of nitrogens with one attached hydrogen (secondary N) is 1. The minimum atomic E-state index is -0.143. The van der Waals surface area contributed by atoms with Gasteiger partial charge in [0.1, 0.15) is 0 Å². The summed E-state index contributed by atoms with van der Waals surface area (Å²) in [6.07, 6.45) is 2.62. The Morgan fingerprint density at radius 3 is 2.59 bits per heavy atom. The van der Waals surface area contributed by atoms with Gasteiger partial charge in [-0.2, -0.15) is 4.68 Å². The zero-order chi connectivity index (χ0) is 22.5. The molecular formula is C23H24N6OS2.